The van der Waals surface area contributed by atoms with Crippen LogP contribution < -0.4 is 5.32 Å². The van der Waals surface area contributed by atoms with Crippen molar-refractivity contribution in [3.63, 3.8) is 0 Å². The first-order valence-corrected chi connectivity index (χ1v) is 7.22. The van der Waals surface area contributed by atoms with Gasteiger partial charge >= 0.3 is 0 Å². The van der Waals surface area contributed by atoms with Crippen molar-refractivity contribution in [2.24, 2.45) is 0 Å². The molecule has 1 aromatic heterocycles. The fraction of sp³-hybridized carbons (Fsp3) is 0.267. The lowest BCUT2D eigenvalue weighted by molar-refractivity contribution is 0.103. The predicted octanol–water partition coefficient (Wildman–Crippen LogP) is 4.02. The van der Waals surface area contributed by atoms with Gasteiger partial charge in [-0.3, -0.25) is 4.79 Å². The lowest BCUT2D eigenvalue weighted by Gasteiger charge is -2.08. The quantitative estimate of drug-likeness (QED) is 0.881. The van der Waals surface area contributed by atoms with Gasteiger partial charge in [-0.25, -0.2) is 4.39 Å². The average molecular weight is 275 g/mol. The molecule has 0 spiro atoms. The van der Waals surface area contributed by atoms with Crippen molar-refractivity contribution in [2.45, 2.75) is 25.7 Å². The van der Waals surface area contributed by atoms with Crippen LogP contribution in [0.15, 0.2) is 30.3 Å². The average Bonchev–Trinajstić information content (AvgIpc) is 2.82. The number of thiophene rings is 1. The van der Waals surface area contributed by atoms with Crippen molar-refractivity contribution in [1.29, 1.82) is 0 Å². The van der Waals surface area contributed by atoms with Crippen molar-refractivity contribution in [3.05, 3.63) is 51.5 Å². The number of hydrogen-bond donors (Lipinski definition) is 1. The standard InChI is InChI=1S/C15H14FNOS/c16-11-5-3-6-12(9-11)17-15(18)14-8-10-4-1-2-7-13(10)19-14/h3,5-6,8-9H,1-2,4,7H2,(H,17,18). The van der Waals surface area contributed by atoms with E-state index in [9.17, 15) is 9.18 Å². The molecule has 0 saturated carbocycles. The second-order valence-electron chi connectivity index (χ2n) is 4.73. The fourth-order valence-electron chi connectivity index (χ4n) is 2.36. The van der Waals surface area contributed by atoms with E-state index in [1.807, 2.05) is 6.07 Å². The fourth-order valence-corrected chi connectivity index (χ4v) is 3.51. The van der Waals surface area contributed by atoms with E-state index in [0.717, 1.165) is 17.7 Å². The van der Waals surface area contributed by atoms with Crippen molar-refractivity contribution >= 4 is 22.9 Å². The normalized spacial score (nSPS) is 13.9. The number of carbonyl (C=O) groups excluding carboxylic acids is 1. The van der Waals surface area contributed by atoms with E-state index in [2.05, 4.69) is 5.32 Å². The molecule has 0 radical (unpaired) electrons. The van der Waals surface area contributed by atoms with E-state index < -0.39 is 0 Å². The van der Waals surface area contributed by atoms with Crippen molar-refractivity contribution < 1.29 is 9.18 Å². The Labute approximate surface area is 115 Å². The molecular weight excluding hydrogens is 261 g/mol. The number of hydrogen-bond acceptors (Lipinski definition) is 2. The second kappa shape index (κ2) is 5.13. The van der Waals surface area contributed by atoms with Gasteiger partial charge in [0.2, 0.25) is 0 Å². The molecule has 1 aliphatic rings. The molecule has 1 N–H and O–H groups in total. The first-order valence-electron chi connectivity index (χ1n) is 6.41. The molecular formula is C15H14FNOS. The number of aryl methyl sites for hydroxylation is 2. The van der Waals surface area contributed by atoms with Gasteiger partial charge in [0.05, 0.1) is 4.88 Å². The highest BCUT2D eigenvalue weighted by atomic mass is 32.1. The van der Waals surface area contributed by atoms with E-state index in [4.69, 9.17) is 0 Å². The second-order valence-corrected chi connectivity index (χ2v) is 5.87. The summed E-state index contributed by atoms with van der Waals surface area (Å²) in [5.74, 6) is -0.492. The minimum absolute atomic E-state index is 0.148. The van der Waals surface area contributed by atoms with E-state index >= 15 is 0 Å². The summed E-state index contributed by atoms with van der Waals surface area (Å²) >= 11 is 1.56. The highest BCUT2D eigenvalue weighted by Crippen LogP contribution is 2.30. The van der Waals surface area contributed by atoms with E-state index in [1.54, 1.807) is 23.5 Å². The summed E-state index contributed by atoms with van der Waals surface area (Å²) in [6.07, 6.45) is 4.56. The Bertz CT molecular complexity index is 597. The summed E-state index contributed by atoms with van der Waals surface area (Å²) in [7, 11) is 0. The van der Waals surface area contributed by atoms with Crippen LogP contribution >= 0.6 is 11.3 Å². The summed E-state index contributed by atoms with van der Waals surface area (Å²) in [6, 6.07) is 7.94. The van der Waals surface area contributed by atoms with Crippen LogP contribution in [0.4, 0.5) is 10.1 Å². The maximum absolute atomic E-state index is 13.1. The number of amides is 1. The number of rotatable bonds is 2. The Kier molecular flexibility index (Phi) is 3.34. The molecule has 2 nitrogen and oxygen atoms in total. The molecule has 3 rings (SSSR count). The maximum Gasteiger partial charge on any atom is 0.265 e. The van der Waals surface area contributed by atoms with Gasteiger partial charge < -0.3 is 5.32 Å². The molecule has 1 amide bonds. The van der Waals surface area contributed by atoms with Gasteiger partial charge in [-0.15, -0.1) is 11.3 Å². The summed E-state index contributed by atoms with van der Waals surface area (Å²) in [5, 5.41) is 2.74. The lowest BCUT2D eigenvalue weighted by Crippen LogP contribution is -2.10. The van der Waals surface area contributed by atoms with Crippen molar-refractivity contribution in [1.82, 2.24) is 0 Å². The molecule has 1 heterocycles. The minimum Gasteiger partial charge on any atom is -0.321 e. The van der Waals surface area contributed by atoms with Crippen LogP contribution in [-0.2, 0) is 12.8 Å². The Morgan fingerprint density at radius 1 is 1.21 bits per heavy atom. The Morgan fingerprint density at radius 2 is 2.05 bits per heavy atom. The predicted molar refractivity (Wildman–Crippen MR) is 75.3 cm³/mol. The van der Waals surface area contributed by atoms with Crippen molar-refractivity contribution in [3.8, 4) is 0 Å². The van der Waals surface area contributed by atoms with Crippen LogP contribution in [0.2, 0.25) is 0 Å². The molecule has 1 aliphatic carbocycles. The van der Waals surface area contributed by atoms with Crippen LogP contribution in [-0.4, -0.2) is 5.91 Å². The zero-order valence-electron chi connectivity index (χ0n) is 10.4. The number of halogens is 1. The SMILES string of the molecule is O=C(Nc1cccc(F)c1)c1cc2c(s1)CCCC2. The zero-order valence-corrected chi connectivity index (χ0v) is 11.2. The molecule has 0 aliphatic heterocycles. The van der Waals surface area contributed by atoms with Gasteiger partial charge in [0, 0.05) is 10.6 Å². The van der Waals surface area contributed by atoms with Gasteiger partial charge in [-0.05, 0) is 55.5 Å². The Morgan fingerprint density at radius 3 is 2.84 bits per heavy atom. The minimum atomic E-state index is -0.344. The van der Waals surface area contributed by atoms with E-state index in [0.29, 0.717) is 5.69 Å². The summed E-state index contributed by atoms with van der Waals surface area (Å²) in [4.78, 5) is 14.2. The van der Waals surface area contributed by atoms with Gasteiger partial charge in [0.25, 0.3) is 5.91 Å². The van der Waals surface area contributed by atoms with Crippen LogP contribution in [0.1, 0.15) is 33.0 Å². The molecule has 0 bridgehead atoms. The molecule has 19 heavy (non-hydrogen) atoms. The van der Waals surface area contributed by atoms with Crippen LogP contribution in [0, 0.1) is 5.82 Å². The van der Waals surface area contributed by atoms with Crippen LogP contribution in [0.3, 0.4) is 0 Å². The largest absolute Gasteiger partial charge is 0.321 e. The molecule has 1 aromatic carbocycles. The third-order valence-electron chi connectivity index (χ3n) is 3.30. The molecule has 0 fully saturated rings. The first-order chi connectivity index (χ1) is 9.22. The Balaban J connectivity index is 1.78. The lowest BCUT2D eigenvalue weighted by atomic mass is 9.99. The third-order valence-corrected chi connectivity index (χ3v) is 4.54. The van der Waals surface area contributed by atoms with Gasteiger partial charge in [-0.1, -0.05) is 6.07 Å². The first kappa shape index (κ1) is 12.4. The zero-order chi connectivity index (χ0) is 13.2. The Hall–Kier alpha value is -1.68. The topological polar surface area (TPSA) is 29.1 Å². The highest BCUT2D eigenvalue weighted by Gasteiger charge is 2.17. The summed E-state index contributed by atoms with van der Waals surface area (Å²) in [6.45, 7) is 0. The van der Waals surface area contributed by atoms with Gasteiger partial charge in [-0.2, -0.15) is 0 Å². The van der Waals surface area contributed by atoms with E-state index in [-0.39, 0.29) is 11.7 Å². The van der Waals surface area contributed by atoms with Gasteiger partial charge in [0.15, 0.2) is 0 Å². The molecule has 0 saturated heterocycles. The summed E-state index contributed by atoms with van der Waals surface area (Å²) in [5.41, 5.74) is 1.80. The number of anilines is 1. The molecule has 0 unspecified atom stereocenters. The number of carbonyl (C=O) groups is 1. The van der Waals surface area contributed by atoms with Gasteiger partial charge in [0.1, 0.15) is 5.82 Å². The third kappa shape index (κ3) is 2.68. The summed E-state index contributed by atoms with van der Waals surface area (Å²) < 4.78 is 13.1. The maximum atomic E-state index is 13.1. The molecule has 0 atom stereocenters. The van der Waals surface area contributed by atoms with Crippen molar-refractivity contribution in [2.75, 3.05) is 5.32 Å². The number of nitrogens with one attached hydrogen (secondary N) is 1. The van der Waals surface area contributed by atoms with Crippen LogP contribution in [0.5, 0.6) is 0 Å². The number of fused-ring (bicyclic) bond motifs is 1. The smallest absolute Gasteiger partial charge is 0.265 e. The molecule has 98 valence electrons. The van der Waals surface area contributed by atoms with Crippen LogP contribution in [0.25, 0.3) is 0 Å². The monoisotopic (exact) mass is 275 g/mol. The highest BCUT2D eigenvalue weighted by molar-refractivity contribution is 7.14. The molecule has 4 heteroatoms. The number of benzene rings is 1. The van der Waals surface area contributed by atoms with E-state index in [1.165, 1.54) is 35.4 Å². The molecule has 2 aromatic rings.